The van der Waals surface area contributed by atoms with Crippen molar-refractivity contribution in [2.24, 2.45) is 11.8 Å². The van der Waals surface area contributed by atoms with Crippen LogP contribution in [0.2, 0.25) is 5.02 Å². The molecule has 1 aliphatic rings. The predicted molar refractivity (Wildman–Crippen MR) is 76.4 cm³/mol. The maximum Gasteiger partial charge on any atom is 0.309 e. The van der Waals surface area contributed by atoms with Gasteiger partial charge in [-0.1, -0.05) is 30.7 Å². The molecule has 1 amide bonds. The number of hydrogen-bond donors (Lipinski definition) is 1. The average Bonchev–Trinajstić information content (AvgIpc) is 3.13. The molecule has 1 aromatic carbocycles. The van der Waals surface area contributed by atoms with Crippen LogP contribution in [0, 0.1) is 11.8 Å². The van der Waals surface area contributed by atoms with E-state index in [1.807, 2.05) is 31.2 Å². The zero-order valence-electron chi connectivity index (χ0n) is 11.4. The molecule has 0 bridgehead atoms. The standard InChI is InChI=1S/C15H18ClNO3/c1-10-7-13(10)15(19)20-9-14(18)17-6-5-11-3-2-4-12(16)8-11/h2-4,8,10,13H,5-7,9H2,1H3,(H,17,18)/t10-,13+/m0/s1. The van der Waals surface area contributed by atoms with E-state index in [1.165, 1.54) is 0 Å². The minimum absolute atomic E-state index is 0.00531. The van der Waals surface area contributed by atoms with E-state index in [0.29, 0.717) is 23.9 Å². The number of nitrogens with one attached hydrogen (secondary N) is 1. The van der Waals surface area contributed by atoms with Crippen LogP contribution in [0.15, 0.2) is 24.3 Å². The summed E-state index contributed by atoms with van der Waals surface area (Å²) >= 11 is 5.87. The van der Waals surface area contributed by atoms with Crippen LogP contribution in [0.3, 0.4) is 0 Å². The van der Waals surface area contributed by atoms with Crippen LogP contribution in [0.4, 0.5) is 0 Å². The second kappa shape index (κ2) is 6.75. The smallest absolute Gasteiger partial charge is 0.309 e. The Labute approximate surface area is 123 Å². The largest absolute Gasteiger partial charge is 0.455 e. The second-order valence-electron chi connectivity index (χ2n) is 5.16. The summed E-state index contributed by atoms with van der Waals surface area (Å²) in [5.41, 5.74) is 1.06. The number of benzene rings is 1. The second-order valence-corrected chi connectivity index (χ2v) is 5.59. The Kier molecular flexibility index (Phi) is 5.01. The lowest BCUT2D eigenvalue weighted by atomic mass is 10.1. The van der Waals surface area contributed by atoms with E-state index in [-0.39, 0.29) is 24.4 Å². The molecule has 1 aliphatic carbocycles. The fraction of sp³-hybridized carbons (Fsp3) is 0.467. The normalized spacial score (nSPS) is 20.3. The molecule has 0 aliphatic heterocycles. The van der Waals surface area contributed by atoms with Crippen molar-refractivity contribution >= 4 is 23.5 Å². The van der Waals surface area contributed by atoms with E-state index in [9.17, 15) is 9.59 Å². The van der Waals surface area contributed by atoms with Gasteiger partial charge < -0.3 is 10.1 Å². The van der Waals surface area contributed by atoms with Gasteiger partial charge in [0.1, 0.15) is 0 Å². The van der Waals surface area contributed by atoms with Gasteiger partial charge in [0.25, 0.3) is 5.91 Å². The highest BCUT2D eigenvalue weighted by atomic mass is 35.5. The van der Waals surface area contributed by atoms with Crippen molar-refractivity contribution in [2.75, 3.05) is 13.2 Å². The highest BCUT2D eigenvalue weighted by Gasteiger charge is 2.40. The quantitative estimate of drug-likeness (QED) is 0.819. The molecule has 0 aromatic heterocycles. The molecule has 1 saturated carbocycles. The molecule has 20 heavy (non-hydrogen) atoms. The first kappa shape index (κ1) is 14.9. The van der Waals surface area contributed by atoms with Crippen molar-refractivity contribution in [3.05, 3.63) is 34.9 Å². The van der Waals surface area contributed by atoms with Gasteiger partial charge in [-0.05, 0) is 36.5 Å². The molecule has 2 atom stereocenters. The number of rotatable bonds is 6. The molecule has 1 fully saturated rings. The van der Waals surface area contributed by atoms with Gasteiger partial charge in [-0.15, -0.1) is 0 Å². The molecular weight excluding hydrogens is 278 g/mol. The monoisotopic (exact) mass is 295 g/mol. The molecule has 1 aromatic rings. The molecule has 0 radical (unpaired) electrons. The summed E-state index contributed by atoms with van der Waals surface area (Å²) in [7, 11) is 0. The zero-order chi connectivity index (χ0) is 14.5. The van der Waals surface area contributed by atoms with Gasteiger partial charge in [-0.25, -0.2) is 0 Å². The SMILES string of the molecule is C[C@H]1C[C@H]1C(=O)OCC(=O)NCCc1cccc(Cl)c1. The number of halogens is 1. The molecule has 0 spiro atoms. The Morgan fingerprint density at radius 3 is 2.85 bits per heavy atom. The summed E-state index contributed by atoms with van der Waals surface area (Å²) in [6.45, 7) is 2.30. The predicted octanol–water partition coefficient (Wildman–Crippen LogP) is 2.20. The highest BCUT2D eigenvalue weighted by Crippen LogP contribution is 2.38. The molecule has 0 unspecified atom stereocenters. The van der Waals surface area contributed by atoms with Crippen LogP contribution in [-0.2, 0) is 20.7 Å². The molecule has 0 saturated heterocycles. The third kappa shape index (κ3) is 4.53. The summed E-state index contributed by atoms with van der Waals surface area (Å²) in [5, 5.41) is 3.40. The Hall–Kier alpha value is -1.55. The van der Waals surface area contributed by atoms with Crippen molar-refractivity contribution in [2.45, 2.75) is 19.8 Å². The molecule has 108 valence electrons. The van der Waals surface area contributed by atoms with E-state index >= 15 is 0 Å². The van der Waals surface area contributed by atoms with E-state index in [4.69, 9.17) is 16.3 Å². The summed E-state index contributed by atoms with van der Waals surface area (Å²) in [5.74, 6) is -0.140. The Morgan fingerprint density at radius 1 is 1.45 bits per heavy atom. The molecule has 0 heterocycles. The van der Waals surface area contributed by atoms with E-state index in [0.717, 1.165) is 12.0 Å². The molecular formula is C15H18ClNO3. The minimum Gasteiger partial charge on any atom is -0.455 e. The van der Waals surface area contributed by atoms with E-state index in [1.54, 1.807) is 0 Å². The average molecular weight is 296 g/mol. The summed E-state index contributed by atoms with van der Waals surface area (Å²) in [6, 6.07) is 7.49. The van der Waals surface area contributed by atoms with Crippen molar-refractivity contribution < 1.29 is 14.3 Å². The van der Waals surface area contributed by atoms with Crippen LogP contribution in [-0.4, -0.2) is 25.0 Å². The maximum atomic E-state index is 11.5. The molecule has 4 nitrogen and oxygen atoms in total. The number of amides is 1. The summed E-state index contributed by atoms with van der Waals surface area (Å²) in [6.07, 6.45) is 1.56. The first-order chi connectivity index (χ1) is 9.56. The topological polar surface area (TPSA) is 55.4 Å². The number of hydrogen-bond acceptors (Lipinski definition) is 3. The maximum absolute atomic E-state index is 11.5. The fourth-order valence-electron chi connectivity index (χ4n) is 1.98. The van der Waals surface area contributed by atoms with Crippen LogP contribution in [0.25, 0.3) is 0 Å². The van der Waals surface area contributed by atoms with Gasteiger partial charge in [0.15, 0.2) is 6.61 Å². The van der Waals surface area contributed by atoms with Crippen LogP contribution >= 0.6 is 11.6 Å². The van der Waals surface area contributed by atoms with Gasteiger partial charge in [0, 0.05) is 11.6 Å². The van der Waals surface area contributed by atoms with Gasteiger partial charge in [-0.3, -0.25) is 9.59 Å². The lowest BCUT2D eigenvalue weighted by Gasteiger charge is -2.06. The van der Waals surface area contributed by atoms with Crippen LogP contribution in [0.5, 0.6) is 0 Å². The van der Waals surface area contributed by atoms with Crippen molar-refractivity contribution in [1.82, 2.24) is 5.32 Å². The van der Waals surface area contributed by atoms with Crippen molar-refractivity contribution in [3.8, 4) is 0 Å². The van der Waals surface area contributed by atoms with Gasteiger partial charge in [0.05, 0.1) is 5.92 Å². The zero-order valence-corrected chi connectivity index (χ0v) is 12.2. The number of carbonyl (C=O) groups excluding carboxylic acids is 2. The Bertz CT molecular complexity index is 504. The van der Waals surface area contributed by atoms with E-state index in [2.05, 4.69) is 5.32 Å². The van der Waals surface area contributed by atoms with Gasteiger partial charge >= 0.3 is 5.97 Å². The first-order valence-electron chi connectivity index (χ1n) is 6.74. The van der Waals surface area contributed by atoms with Gasteiger partial charge in [0.2, 0.25) is 0 Å². The third-order valence-corrected chi connectivity index (χ3v) is 3.62. The lowest BCUT2D eigenvalue weighted by molar-refractivity contribution is -0.150. The van der Waals surface area contributed by atoms with Crippen LogP contribution in [0.1, 0.15) is 18.9 Å². The van der Waals surface area contributed by atoms with Crippen molar-refractivity contribution in [3.63, 3.8) is 0 Å². The number of esters is 1. The molecule has 5 heteroatoms. The summed E-state index contributed by atoms with van der Waals surface area (Å²) < 4.78 is 4.95. The number of ether oxygens (including phenoxy) is 1. The lowest BCUT2D eigenvalue weighted by Crippen LogP contribution is -2.30. The fourth-order valence-corrected chi connectivity index (χ4v) is 2.20. The Balaban J connectivity index is 1.61. The Morgan fingerprint density at radius 2 is 2.20 bits per heavy atom. The minimum atomic E-state index is -0.270. The number of carbonyl (C=O) groups is 2. The first-order valence-corrected chi connectivity index (χ1v) is 7.12. The van der Waals surface area contributed by atoms with E-state index < -0.39 is 0 Å². The molecule has 2 rings (SSSR count). The van der Waals surface area contributed by atoms with Crippen molar-refractivity contribution in [1.29, 1.82) is 0 Å². The van der Waals surface area contributed by atoms with Gasteiger partial charge in [-0.2, -0.15) is 0 Å². The summed E-state index contributed by atoms with van der Waals surface area (Å²) in [4.78, 5) is 23.0. The highest BCUT2D eigenvalue weighted by molar-refractivity contribution is 6.30. The molecule has 1 N–H and O–H groups in total. The third-order valence-electron chi connectivity index (χ3n) is 3.38. The van der Waals surface area contributed by atoms with Crippen LogP contribution < -0.4 is 5.32 Å².